The Morgan fingerprint density at radius 3 is 2.50 bits per heavy atom. The lowest BCUT2D eigenvalue weighted by Crippen LogP contribution is -2.34. The maximum absolute atomic E-state index is 12.6. The Morgan fingerprint density at radius 2 is 2.00 bits per heavy atom. The van der Waals surface area contributed by atoms with Crippen LogP contribution in [0.5, 0.6) is 0 Å². The highest BCUT2D eigenvalue weighted by Gasteiger charge is 2.31. The molecule has 0 bridgehead atoms. The zero-order valence-electron chi connectivity index (χ0n) is 10.7. The Labute approximate surface area is 121 Å². The third-order valence-electron chi connectivity index (χ3n) is 2.74. The van der Waals surface area contributed by atoms with Gasteiger partial charge < -0.3 is 0 Å². The van der Waals surface area contributed by atoms with Gasteiger partial charge in [0.15, 0.2) is 0 Å². The summed E-state index contributed by atoms with van der Waals surface area (Å²) in [4.78, 5) is -0.402. The Hall–Kier alpha value is -0.790. The number of rotatable bonds is 6. The van der Waals surface area contributed by atoms with E-state index in [2.05, 4.69) is 4.72 Å². The molecule has 0 aromatic heterocycles. The quantitative estimate of drug-likeness (QED) is 0.813. The lowest BCUT2D eigenvalue weighted by Gasteiger charge is -2.16. The van der Waals surface area contributed by atoms with Gasteiger partial charge in [0, 0.05) is 11.9 Å². The van der Waals surface area contributed by atoms with Crippen LogP contribution in [0.3, 0.4) is 0 Å². The summed E-state index contributed by atoms with van der Waals surface area (Å²) in [5.41, 5.74) is -0.995. The topological polar surface area (TPSA) is 46.2 Å². The normalized spacial score (nSPS) is 14.2. The number of halogens is 4. The van der Waals surface area contributed by atoms with Gasteiger partial charge in [-0.15, -0.1) is 11.6 Å². The van der Waals surface area contributed by atoms with Gasteiger partial charge in [-0.1, -0.05) is 13.0 Å². The first-order valence-electron chi connectivity index (χ1n) is 5.96. The summed E-state index contributed by atoms with van der Waals surface area (Å²) in [6.45, 7) is 1.77. The van der Waals surface area contributed by atoms with Crippen molar-refractivity contribution in [2.45, 2.75) is 36.9 Å². The van der Waals surface area contributed by atoms with Gasteiger partial charge in [-0.3, -0.25) is 0 Å². The number of hydrogen-bond donors (Lipinski definition) is 1. The van der Waals surface area contributed by atoms with Crippen LogP contribution in [-0.4, -0.2) is 20.3 Å². The first-order valence-corrected chi connectivity index (χ1v) is 7.98. The fraction of sp³-hybridized carbons (Fsp3) is 0.500. The molecule has 3 nitrogen and oxygen atoms in total. The fourth-order valence-electron chi connectivity index (χ4n) is 1.61. The fourth-order valence-corrected chi connectivity index (χ4v) is 3.27. The maximum atomic E-state index is 12.6. The van der Waals surface area contributed by atoms with E-state index in [-0.39, 0.29) is 5.88 Å². The van der Waals surface area contributed by atoms with E-state index in [9.17, 15) is 21.6 Å². The SMILES string of the molecule is CCC(CCCl)NS(=O)(=O)c1cccc(C(F)(F)F)c1. The highest BCUT2D eigenvalue weighted by molar-refractivity contribution is 7.89. The predicted molar refractivity (Wildman–Crippen MR) is 71.2 cm³/mol. The van der Waals surface area contributed by atoms with Crippen molar-refractivity contribution in [3.05, 3.63) is 29.8 Å². The van der Waals surface area contributed by atoms with E-state index in [4.69, 9.17) is 11.6 Å². The molecule has 0 aliphatic rings. The number of sulfonamides is 1. The smallest absolute Gasteiger partial charge is 0.208 e. The molecule has 1 unspecified atom stereocenters. The van der Waals surface area contributed by atoms with Gasteiger partial charge in [0.25, 0.3) is 0 Å². The van der Waals surface area contributed by atoms with Gasteiger partial charge in [0.2, 0.25) is 10.0 Å². The molecule has 0 spiro atoms. The Balaban J connectivity index is 3.04. The molecule has 0 fully saturated rings. The van der Waals surface area contributed by atoms with E-state index in [0.29, 0.717) is 18.9 Å². The minimum atomic E-state index is -4.58. The third kappa shape index (κ3) is 4.64. The molecule has 0 aliphatic carbocycles. The monoisotopic (exact) mass is 329 g/mol. The van der Waals surface area contributed by atoms with Crippen LogP contribution in [0.4, 0.5) is 13.2 Å². The summed E-state index contributed by atoms with van der Waals surface area (Å²) in [6, 6.07) is 3.25. The molecule has 1 aromatic carbocycles. The first-order chi connectivity index (χ1) is 9.20. The maximum Gasteiger partial charge on any atom is 0.416 e. The highest BCUT2D eigenvalue weighted by Crippen LogP contribution is 2.30. The van der Waals surface area contributed by atoms with Crippen LogP contribution >= 0.6 is 11.6 Å². The molecule has 0 heterocycles. The summed E-state index contributed by atoms with van der Waals surface area (Å²) in [5.74, 6) is 0.267. The molecule has 1 aromatic rings. The second kappa shape index (κ2) is 6.78. The van der Waals surface area contributed by atoms with Crippen LogP contribution in [0.15, 0.2) is 29.2 Å². The zero-order valence-corrected chi connectivity index (χ0v) is 12.3. The van der Waals surface area contributed by atoms with Gasteiger partial charge in [-0.05, 0) is 31.0 Å². The Morgan fingerprint density at radius 1 is 1.35 bits per heavy atom. The number of hydrogen-bond acceptors (Lipinski definition) is 2. The third-order valence-corrected chi connectivity index (χ3v) is 4.48. The van der Waals surface area contributed by atoms with Crippen molar-refractivity contribution in [1.82, 2.24) is 4.72 Å². The van der Waals surface area contributed by atoms with Crippen molar-refractivity contribution in [3.8, 4) is 0 Å². The molecule has 20 heavy (non-hydrogen) atoms. The van der Waals surface area contributed by atoms with Gasteiger partial charge >= 0.3 is 6.18 Å². The summed E-state index contributed by atoms with van der Waals surface area (Å²) in [6.07, 6.45) is -3.66. The van der Waals surface area contributed by atoms with E-state index in [0.717, 1.165) is 18.2 Å². The van der Waals surface area contributed by atoms with Crippen LogP contribution in [-0.2, 0) is 16.2 Å². The summed E-state index contributed by atoms with van der Waals surface area (Å²) < 4.78 is 64.1. The molecule has 0 aliphatic heterocycles. The van der Waals surface area contributed by atoms with Crippen LogP contribution < -0.4 is 4.72 Å². The lowest BCUT2D eigenvalue weighted by atomic mass is 10.2. The molecule has 0 radical (unpaired) electrons. The van der Waals surface area contributed by atoms with E-state index in [1.807, 2.05) is 0 Å². The second-order valence-corrected chi connectivity index (χ2v) is 6.32. The van der Waals surface area contributed by atoms with Crippen molar-refractivity contribution < 1.29 is 21.6 Å². The second-order valence-electron chi connectivity index (χ2n) is 4.23. The summed E-state index contributed by atoms with van der Waals surface area (Å²) >= 11 is 5.55. The molecular weight excluding hydrogens is 315 g/mol. The van der Waals surface area contributed by atoms with E-state index >= 15 is 0 Å². The van der Waals surface area contributed by atoms with Gasteiger partial charge in [0.05, 0.1) is 10.5 Å². The van der Waals surface area contributed by atoms with Gasteiger partial charge in [0.1, 0.15) is 0 Å². The number of alkyl halides is 4. The molecule has 1 N–H and O–H groups in total. The van der Waals surface area contributed by atoms with Crippen molar-refractivity contribution in [3.63, 3.8) is 0 Å². The predicted octanol–water partition coefficient (Wildman–Crippen LogP) is 3.39. The average molecular weight is 330 g/mol. The van der Waals surface area contributed by atoms with Gasteiger partial charge in [-0.2, -0.15) is 13.2 Å². The Bertz CT molecular complexity index is 546. The molecule has 114 valence electrons. The average Bonchev–Trinajstić information content (AvgIpc) is 2.37. The molecule has 8 heteroatoms. The zero-order chi connectivity index (χ0) is 15.4. The highest BCUT2D eigenvalue weighted by atomic mass is 35.5. The van der Waals surface area contributed by atoms with Crippen LogP contribution in [0.25, 0.3) is 0 Å². The van der Waals surface area contributed by atoms with Crippen LogP contribution in [0.1, 0.15) is 25.3 Å². The van der Waals surface area contributed by atoms with Crippen molar-refractivity contribution in [1.29, 1.82) is 0 Å². The molecule has 0 saturated heterocycles. The summed E-state index contributed by atoms with van der Waals surface area (Å²) in [5, 5.41) is 0. The Kier molecular flexibility index (Phi) is 5.85. The first kappa shape index (κ1) is 17.3. The van der Waals surface area contributed by atoms with Crippen molar-refractivity contribution >= 4 is 21.6 Å². The minimum absolute atomic E-state index is 0.267. The lowest BCUT2D eigenvalue weighted by molar-refractivity contribution is -0.137. The minimum Gasteiger partial charge on any atom is -0.208 e. The number of benzene rings is 1. The van der Waals surface area contributed by atoms with Crippen LogP contribution in [0, 0.1) is 0 Å². The van der Waals surface area contributed by atoms with E-state index < -0.39 is 32.7 Å². The molecule has 1 rings (SSSR count). The summed E-state index contributed by atoms with van der Waals surface area (Å²) in [7, 11) is -3.99. The molecule has 0 saturated carbocycles. The van der Waals surface area contributed by atoms with E-state index in [1.165, 1.54) is 0 Å². The van der Waals surface area contributed by atoms with Gasteiger partial charge in [-0.25, -0.2) is 13.1 Å². The standard InChI is InChI=1S/C12H15ClF3NO2S/c1-2-10(6-7-13)17-20(18,19)11-5-3-4-9(8-11)12(14,15)16/h3-5,8,10,17H,2,6-7H2,1H3. The number of nitrogens with one attached hydrogen (secondary N) is 1. The van der Waals surface area contributed by atoms with E-state index in [1.54, 1.807) is 6.92 Å². The molecule has 1 atom stereocenters. The largest absolute Gasteiger partial charge is 0.416 e. The van der Waals surface area contributed by atoms with Crippen molar-refractivity contribution in [2.75, 3.05) is 5.88 Å². The van der Waals surface area contributed by atoms with Crippen LogP contribution in [0.2, 0.25) is 0 Å². The molecule has 0 amide bonds. The van der Waals surface area contributed by atoms with Crippen molar-refractivity contribution in [2.24, 2.45) is 0 Å². The molecular formula is C12H15ClF3NO2S.